The van der Waals surface area contributed by atoms with Gasteiger partial charge < -0.3 is 14.4 Å². The number of morpholine rings is 1. The number of anilines is 1. The number of benzene rings is 1. The maximum absolute atomic E-state index is 11.3. The molecule has 0 atom stereocenters. The summed E-state index contributed by atoms with van der Waals surface area (Å²) in [6, 6.07) is 3.47. The van der Waals surface area contributed by atoms with Crippen LogP contribution in [-0.2, 0) is 11.2 Å². The van der Waals surface area contributed by atoms with Gasteiger partial charge in [0.15, 0.2) is 0 Å². The summed E-state index contributed by atoms with van der Waals surface area (Å²) in [5, 5.41) is 11.3. The fraction of sp³-hybridized carbons (Fsp3) is 0.571. The third kappa shape index (κ3) is 2.31. The van der Waals surface area contributed by atoms with Gasteiger partial charge in [-0.1, -0.05) is 0 Å². The Kier molecular flexibility index (Phi) is 3.05. The van der Waals surface area contributed by atoms with E-state index in [0.717, 1.165) is 11.3 Å². The Morgan fingerprint density at radius 3 is 2.65 bits per heavy atom. The molecular formula is C14H18N2O4. The number of hydrogen-bond acceptors (Lipinski definition) is 5. The Bertz CT molecular complexity index is 550. The molecule has 1 aromatic rings. The van der Waals surface area contributed by atoms with E-state index in [1.165, 1.54) is 0 Å². The molecule has 0 spiro atoms. The summed E-state index contributed by atoms with van der Waals surface area (Å²) in [5.74, 6) is 0.766. The number of nitro benzene ring substituents is 1. The minimum Gasteiger partial charge on any atom is -0.487 e. The van der Waals surface area contributed by atoms with Crippen LogP contribution >= 0.6 is 0 Å². The molecule has 3 rings (SSSR count). The van der Waals surface area contributed by atoms with Crippen LogP contribution in [0.15, 0.2) is 12.1 Å². The molecule has 0 aromatic heterocycles. The quantitative estimate of drug-likeness (QED) is 0.612. The molecule has 6 heteroatoms. The van der Waals surface area contributed by atoms with Crippen LogP contribution in [0, 0.1) is 10.1 Å². The Morgan fingerprint density at radius 1 is 1.30 bits per heavy atom. The van der Waals surface area contributed by atoms with Crippen LogP contribution in [-0.4, -0.2) is 36.8 Å². The molecule has 20 heavy (non-hydrogen) atoms. The van der Waals surface area contributed by atoms with Gasteiger partial charge in [0.05, 0.1) is 18.1 Å². The third-order valence-corrected chi connectivity index (χ3v) is 3.71. The smallest absolute Gasteiger partial charge is 0.293 e. The van der Waals surface area contributed by atoms with E-state index in [1.807, 2.05) is 24.8 Å². The maximum atomic E-state index is 11.3. The summed E-state index contributed by atoms with van der Waals surface area (Å²) < 4.78 is 11.2. The summed E-state index contributed by atoms with van der Waals surface area (Å²) in [7, 11) is 0. The third-order valence-electron chi connectivity index (χ3n) is 3.71. The van der Waals surface area contributed by atoms with Crippen molar-refractivity contribution in [1.82, 2.24) is 0 Å². The number of hydrogen-bond donors (Lipinski definition) is 0. The highest BCUT2D eigenvalue weighted by Gasteiger charge is 2.34. The SMILES string of the molecule is CC1(C)Cc2cc([N+](=O)[O-])c(N3CCOCC3)cc2O1. The largest absolute Gasteiger partial charge is 0.487 e. The first-order valence-electron chi connectivity index (χ1n) is 6.79. The molecular weight excluding hydrogens is 260 g/mol. The fourth-order valence-corrected chi connectivity index (χ4v) is 2.83. The minimum atomic E-state index is -0.309. The van der Waals surface area contributed by atoms with Gasteiger partial charge in [-0.05, 0) is 13.8 Å². The molecule has 108 valence electrons. The van der Waals surface area contributed by atoms with Crippen molar-refractivity contribution >= 4 is 11.4 Å². The second kappa shape index (κ2) is 4.63. The highest BCUT2D eigenvalue weighted by molar-refractivity contribution is 5.69. The monoisotopic (exact) mass is 278 g/mol. The van der Waals surface area contributed by atoms with Crippen molar-refractivity contribution in [3.8, 4) is 5.75 Å². The lowest BCUT2D eigenvalue weighted by molar-refractivity contribution is -0.384. The number of fused-ring (bicyclic) bond motifs is 1. The minimum absolute atomic E-state index is 0.159. The lowest BCUT2D eigenvalue weighted by Crippen LogP contribution is -2.36. The average Bonchev–Trinajstić information content (AvgIpc) is 2.71. The van der Waals surface area contributed by atoms with E-state index in [-0.39, 0.29) is 16.2 Å². The van der Waals surface area contributed by atoms with Crippen molar-refractivity contribution in [3.05, 3.63) is 27.8 Å². The predicted molar refractivity (Wildman–Crippen MR) is 74.5 cm³/mol. The van der Waals surface area contributed by atoms with Gasteiger partial charge in [-0.15, -0.1) is 0 Å². The van der Waals surface area contributed by atoms with Crippen LogP contribution in [0.3, 0.4) is 0 Å². The number of nitro groups is 1. The topological polar surface area (TPSA) is 64.8 Å². The van der Waals surface area contributed by atoms with E-state index < -0.39 is 0 Å². The Morgan fingerprint density at radius 2 is 2.00 bits per heavy atom. The molecule has 0 unspecified atom stereocenters. The molecule has 1 fully saturated rings. The van der Waals surface area contributed by atoms with Gasteiger partial charge in [-0.25, -0.2) is 0 Å². The second-order valence-corrected chi connectivity index (χ2v) is 5.84. The first-order chi connectivity index (χ1) is 9.46. The van der Waals surface area contributed by atoms with Crippen molar-refractivity contribution < 1.29 is 14.4 Å². The normalized spacial score (nSPS) is 20.4. The fourth-order valence-electron chi connectivity index (χ4n) is 2.83. The first kappa shape index (κ1) is 13.2. The zero-order chi connectivity index (χ0) is 14.3. The van der Waals surface area contributed by atoms with Crippen molar-refractivity contribution in [2.45, 2.75) is 25.9 Å². The standard InChI is InChI=1S/C14H18N2O4/c1-14(2)9-10-7-12(16(17)18)11(8-13(10)20-14)15-3-5-19-6-4-15/h7-8H,3-6,9H2,1-2H3. The Labute approximate surface area is 117 Å². The summed E-state index contributed by atoms with van der Waals surface area (Å²) >= 11 is 0. The van der Waals surface area contributed by atoms with Crippen molar-refractivity contribution in [1.29, 1.82) is 0 Å². The van der Waals surface area contributed by atoms with Gasteiger partial charge in [0.25, 0.3) is 5.69 Å². The molecule has 0 N–H and O–H groups in total. The predicted octanol–water partition coefficient (Wildman–Crippen LogP) is 2.14. The lowest BCUT2D eigenvalue weighted by atomic mass is 10.0. The zero-order valence-corrected chi connectivity index (χ0v) is 11.7. The number of ether oxygens (including phenoxy) is 2. The van der Waals surface area contributed by atoms with Gasteiger partial charge in [0, 0.05) is 37.2 Å². The molecule has 0 bridgehead atoms. The Balaban J connectivity index is 2.02. The van der Waals surface area contributed by atoms with Crippen LogP contribution in [0.25, 0.3) is 0 Å². The number of rotatable bonds is 2. The van der Waals surface area contributed by atoms with Crippen LogP contribution < -0.4 is 9.64 Å². The maximum Gasteiger partial charge on any atom is 0.293 e. The van der Waals surface area contributed by atoms with Gasteiger partial charge >= 0.3 is 0 Å². The van der Waals surface area contributed by atoms with Gasteiger partial charge in [0.2, 0.25) is 0 Å². The molecule has 0 saturated carbocycles. The molecule has 0 radical (unpaired) electrons. The highest BCUT2D eigenvalue weighted by atomic mass is 16.6. The summed E-state index contributed by atoms with van der Waals surface area (Å²) in [6.07, 6.45) is 0.701. The number of nitrogens with zero attached hydrogens (tertiary/aromatic N) is 2. The van der Waals surface area contributed by atoms with Crippen molar-refractivity contribution in [2.24, 2.45) is 0 Å². The van der Waals surface area contributed by atoms with E-state index in [4.69, 9.17) is 9.47 Å². The van der Waals surface area contributed by atoms with E-state index in [0.29, 0.717) is 38.4 Å². The highest BCUT2D eigenvalue weighted by Crippen LogP contribution is 2.42. The zero-order valence-electron chi connectivity index (χ0n) is 11.7. The molecule has 2 heterocycles. The molecule has 2 aliphatic heterocycles. The summed E-state index contributed by atoms with van der Waals surface area (Å²) in [6.45, 7) is 6.52. The van der Waals surface area contributed by atoms with Crippen molar-refractivity contribution in [2.75, 3.05) is 31.2 Å². The van der Waals surface area contributed by atoms with Crippen LogP contribution in [0.1, 0.15) is 19.4 Å². The van der Waals surface area contributed by atoms with E-state index in [1.54, 1.807) is 6.07 Å². The molecule has 0 amide bonds. The molecule has 1 aromatic carbocycles. The average molecular weight is 278 g/mol. The van der Waals surface area contributed by atoms with E-state index in [9.17, 15) is 10.1 Å². The van der Waals surface area contributed by atoms with Crippen LogP contribution in [0.4, 0.5) is 11.4 Å². The molecule has 2 aliphatic rings. The van der Waals surface area contributed by atoms with Gasteiger partial charge in [0.1, 0.15) is 17.0 Å². The van der Waals surface area contributed by atoms with Crippen molar-refractivity contribution in [3.63, 3.8) is 0 Å². The summed E-state index contributed by atoms with van der Waals surface area (Å²) in [4.78, 5) is 13.0. The van der Waals surface area contributed by atoms with Gasteiger partial charge in [-0.2, -0.15) is 0 Å². The first-order valence-corrected chi connectivity index (χ1v) is 6.79. The van der Waals surface area contributed by atoms with E-state index in [2.05, 4.69) is 0 Å². The van der Waals surface area contributed by atoms with Crippen LogP contribution in [0.2, 0.25) is 0 Å². The van der Waals surface area contributed by atoms with E-state index >= 15 is 0 Å². The second-order valence-electron chi connectivity index (χ2n) is 5.84. The lowest BCUT2D eigenvalue weighted by Gasteiger charge is -2.28. The Hall–Kier alpha value is -1.82. The molecule has 1 saturated heterocycles. The molecule has 0 aliphatic carbocycles. The molecule has 6 nitrogen and oxygen atoms in total. The van der Waals surface area contributed by atoms with Gasteiger partial charge in [-0.3, -0.25) is 10.1 Å². The van der Waals surface area contributed by atoms with Crippen LogP contribution in [0.5, 0.6) is 5.75 Å². The summed E-state index contributed by atoms with van der Waals surface area (Å²) in [5.41, 5.74) is 1.42.